The third-order valence-corrected chi connectivity index (χ3v) is 15.3. The zero-order valence-electron chi connectivity index (χ0n) is 15.5. The van der Waals surface area contributed by atoms with Crippen LogP contribution in [0.3, 0.4) is 0 Å². The Bertz CT molecular complexity index is 697. The number of halogens is 4. The SMILES string of the molecule is CC1(C)C(=O)[C@]2(Br)CC[C@@]1(/C=C/[C@@]13CC[C@](Br)(C(=O)C1(C)C)[C@H]3Br)[C@@H]2Br. The molecule has 6 atom stereocenters. The molecule has 0 amide bonds. The van der Waals surface area contributed by atoms with Crippen LogP contribution < -0.4 is 0 Å². The van der Waals surface area contributed by atoms with Gasteiger partial charge in [-0.1, -0.05) is 104 Å². The fourth-order valence-electron chi connectivity index (χ4n) is 6.33. The minimum absolute atomic E-state index is 0.0711. The molecule has 0 aliphatic heterocycles. The molecule has 4 rings (SSSR count). The van der Waals surface area contributed by atoms with Crippen LogP contribution in [-0.2, 0) is 9.59 Å². The first-order valence-corrected chi connectivity index (χ1v) is 12.6. The van der Waals surface area contributed by atoms with Gasteiger partial charge in [0.2, 0.25) is 0 Å². The Morgan fingerprint density at radius 2 is 1.04 bits per heavy atom. The standard InChI is InChI=1S/C20H24Br4O2/c1-15(2)13(25)19(23)9-7-17(15,11(19)21)5-6-18-8-10-20(24,12(18)22)14(26)16(18,3)4/h5-6,11-12H,7-10H2,1-4H3/b6-5+/t11-,12-,17-,18-,19-,20+/m0/s1. The Morgan fingerprint density at radius 1 is 0.731 bits per heavy atom. The number of fused-ring (bicyclic) bond motifs is 4. The molecule has 0 unspecified atom stereocenters. The summed E-state index contributed by atoms with van der Waals surface area (Å²) in [6, 6.07) is 0. The van der Waals surface area contributed by atoms with Gasteiger partial charge in [0.05, 0.1) is 8.65 Å². The molecule has 144 valence electrons. The molecule has 0 radical (unpaired) electrons. The summed E-state index contributed by atoms with van der Waals surface area (Å²) < 4.78 is -0.940. The molecule has 4 aliphatic carbocycles. The van der Waals surface area contributed by atoms with Crippen molar-refractivity contribution in [1.29, 1.82) is 0 Å². The molecule has 0 spiro atoms. The fourth-order valence-corrected chi connectivity index (χ4v) is 11.3. The molecule has 4 bridgehead atoms. The van der Waals surface area contributed by atoms with Gasteiger partial charge in [-0.05, 0) is 25.7 Å². The minimum atomic E-state index is -0.470. The Kier molecular flexibility index (Phi) is 4.19. The molecule has 0 aromatic rings. The Morgan fingerprint density at radius 3 is 1.27 bits per heavy atom. The highest BCUT2D eigenvalue weighted by Crippen LogP contribution is 2.73. The maximum Gasteiger partial charge on any atom is 0.157 e. The number of carbonyl (C=O) groups is 2. The molecule has 0 N–H and O–H groups in total. The topological polar surface area (TPSA) is 34.1 Å². The minimum Gasteiger partial charge on any atom is -0.297 e. The number of ketones is 2. The average molecular weight is 616 g/mol. The van der Waals surface area contributed by atoms with Crippen molar-refractivity contribution >= 4 is 75.3 Å². The molecule has 4 aliphatic rings. The van der Waals surface area contributed by atoms with Gasteiger partial charge in [0.1, 0.15) is 0 Å². The van der Waals surface area contributed by atoms with Gasteiger partial charge in [-0.2, -0.15) is 0 Å². The van der Waals surface area contributed by atoms with Crippen molar-refractivity contribution in [3.8, 4) is 0 Å². The van der Waals surface area contributed by atoms with E-state index in [-0.39, 0.29) is 20.5 Å². The number of carbonyl (C=O) groups excluding carboxylic acids is 2. The van der Waals surface area contributed by atoms with Gasteiger partial charge < -0.3 is 0 Å². The van der Waals surface area contributed by atoms with Crippen LogP contribution >= 0.6 is 63.7 Å². The molecule has 0 aromatic carbocycles. The van der Waals surface area contributed by atoms with E-state index in [1.54, 1.807) is 0 Å². The lowest BCUT2D eigenvalue weighted by atomic mass is 9.60. The van der Waals surface area contributed by atoms with Crippen LogP contribution in [0.4, 0.5) is 0 Å². The third-order valence-electron chi connectivity index (χ3n) is 8.41. The summed E-state index contributed by atoms with van der Waals surface area (Å²) in [5.41, 5.74) is -1.33. The third kappa shape index (κ3) is 1.86. The van der Waals surface area contributed by atoms with E-state index >= 15 is 0 Å². The van der Waals surface area contributed by atoms with Gasteiger partial charge in [-0.15, -0.1) is 0 Å². The molecule has 4 saturated carbocycles. The number of hydrogen-bond acceptors (Lipinski definition) is 2. The van der Waals surface area contributed by atoms with Crippen LogP contribution in [0.1, 0.15) is 53.4 Å². The molecule has 6 heteroatoms. The summed E-state index contributed by atoms with van der Waals surface area (Å²) in [6.45, 7) is 8.31. The van der Waals surface area contributed by atoms with E-state index in [0.29, 0.717) is 11.6 Å². The Balaban J connectivity index is 1.82. The van der Waals surface area contributed by atoms with Crippen molar-refractivity contribution in [3.05, 3.63) is 12.2 Å². The van der Waals surface area contributed by atoms with Gasteiger partial charge in [0.25, 0.3) is 0 Å². The van der Waals surface area contributed by atoms with Crippen molar-refractivity contribution in [2.24, 2.45) is 21.7 Å². The molecule has 2 nitrogen and oxygen atoms in total. The number of Topliss-reactive ketones (excluding diaryl/α,β-unsaturated/α-hetero) is 2. The van der Waals surface area contributed by atoms with E-state index in [4.69, 9.17) is 0 Å². The predicted molar refractivity (Wildman–Crippen MR) is 119 cm³/mol. The Hall–Kier alpha value is 1.000. The van der Waals surface area contributed by atoms with Crippen LogP contribution in [0.2, 0.25) is 0 Å². The number of hydrogen-bond donors (Lipinski definition) is 0. The highest BCUT2D eigenvalue weighted by Gasteiger charge is 2.76. The smallest absolute Gasteiger partial charge is 0.157 e. The molecule has 0 aromatic heterocycles. The zero-order chi connectivity index (χ0) is 19.6. The van der Waals surface area contributed by atoms with Crippen molar-refractivity contribution in [3.63, 3.8) is 0 Å². The maximum absolute atomic E-state index is 13.1. The average Bonchev–Trinajstić information content (AvgIpc) is 3.06. The zero-order valence-corrected chi connectivity index (χ0v) is 21.8. The van der Waals surface area contributed by atoms with Gasteiger partial charge in [-0.25, -0.2) is 0 Å². The van der Waals surface area contributed by atoms with Crippen LogP contribution in [0.15, 0.2) is 12.2 Å². The molecule has 0 heterocycles. The quantitative estimate of drug-likeness (QED) is 0.277. The number of alkyl halides is 4. The molecular weight excluding hydrogens is 592 g/mol. The predicted octanol–water partition coefficient (Wildman–Crippen LogP) is 6.12. The maximum atomic E-state index is 13.1. The van der Waals surface area contributed by atoms with E-state index in [1.165, 1.54) is 0 Å². The lowest BCUT2D eigenvalue weighted by molar-refractivity contribution is -0.131. The van der Waals surface area contributed by atoms with E-state index in [9.17, 15) is 9.59 Å². The molecule has 0 saturated heterocycles. The monoisotopic (exact) mass is 612 g/mol. The highest BCUT2D eigenvalue weighted by molar-refractivity contribution is 9.13. The second kappa shape index (κ2) is 5.37. The van der Waals surface area contributed by atoms with Gasteiger partial charge in [0.15, 0.2) is 11.6 Å². The van der Waals surface area contributed by atoms with Crippen LogP contribution in [0, 0.1) is 21.7 Å². The second-order valence-corrected chi connectivity index (χ2v) is 14.4. The van der Waals surface area contributed by atoms with Gasteiger partial charge >= 0.3 is 0 Å². The lowest BCUT2D eigenvalue weighted by Crippen LogP contribution is -2.43. The fraction of sp³-hybridized carbons (Fsp3) is 0.800. The summed E-state index contributed by atoms with van der Waals surface area (Å²) in [5.74, 6) is 0.581. The molecule has 26 heavy (non-hydrogen) atoms. The lowest BCUT2D eigenvalue weighted by Gasteiger charge is -2.43. The van der Waals surface area contributed by atoms with E-state index in [0.717, 1.165) is 25.7 Å². The van der Waals surface area contributed by atoms with Crippen LogP contribution in [-0.4, -0.2) is 29.9 Å². The highest BCUT2D eigenvalue weighted by atomic mass is 79.9. The normalized spacial score (nSPS) is 54.0. The van der Waals surface area contributed by atoms with Crippen molar-refractivity contribution in [2.75, 3.05) is 0 Å². The first kappa shape index (κ1) is 20.3. The number of rotatable bonds is 2. The van der Waals surface area contributed by atoms with Crippen molar-refractivity contribution < 1.29 is 9.59 Å². The first-order chi connectivity index (χ1) is 11.7. The van der Waals surface area contributed by atoms with Gasteiger partial charge in [0, 0.05) is 31.3 Å². The molecular formula is C20H24Br4O2. The Labute approximate surface area is 189 Å². The van der Waals surface area contributed by atoms with E-state index in [1.807, 2.05) is 0 Å². The number of allylic oxidation sites excluding steroid dienone is 2. The van der Waals surface area contributed by atoms with Crippen molar-refractivity contribution in [2.45, 2.75) is 71.7 Å². The second-order valence-electron chi connectivity index (χ2n) is 9.77. The summed E-state index contributed by atoms with van der Waals surface area (Å²) in [7, 11) is 0. The first-order valence-electron chi connectivity index (χ1n) is 9.20. The van der Waals surface area contributed by atoms with Gasteiger partial charge in [-0.3, -0.25) is 9.59 Å². The van der Waals surface area contributed by atoms with Crippen LogP contribution in [0.25, 0.3) is 0 Å². The van der Waals surface area contributed by atoms with Crippen LogP contribution in [0.5, 0.6) is 0 Å². The summed E-state index contributed by atoms with van der Waals surface area (Å²) >= 11 is 15.3. The summed E-state index contributed by atoms with van der Waals surface area (Å²) in [5, 5.41) is 0. The van der Waals surface area contributed by atoms with E-state index < -0.39 is 19.5 Å². The summed E-state index contributed by atoms with van der Waals surface area (Å²) in [4.78, 5) is 26.3. The summed E-state index contributed by atoms with van der Waals surface area (Å²) in [6.07, 6.45) is 8.25. The van der Waals surface area contributed by atoms with Crippen molar-refractivity contribution in [1.82, 2.24) is 0 Å². The molecule has 4 fully saturated rings. The largest absolute Gasteiger partial charge is 0.297 e. The van der Waals surface area contributed by atoms with E-state index in [2.05, 4.69) is 104 Å².